The predicted octanol–water partition coefficient (Wildman–Crippen LogP) is 2.49. The summed E-state index contributed by atoms with van der Waals surface area (Å²) in [6.45, 7) is 10.1. The highest BCUT2D eigenvalue weighted by molar-refractivity contribution is 5.77. The average molecular weight is 380 g/mol. The molecule has 0 aliphatic carbocycles. The number of hydrogen-bond donors (Lipinski definition) is 0. The average Bonchev–Trinajstić information content (AvgIpc) is 3.28. The maximum atomic E-state index is 12.9. The summed E-state index contributed by atoms with van der Waals surface area (Å²) < 4.78 is 1.78. The molecule has 2 aromatic rings. The van der Waals surface area contributed by atoms with Gasteiger partial charge in [-0.2, -0.15) is 5.10 Å². The fraction of sp³-hybridized carbons (Fsp3) is 0.500. The van der Waals surface area contributed by atoms with Gasteiger partial charge in [-0.15, -0.1) is 0 Å². The van der Waals surface area contributed by atoms with Crippen molar-refractivity contribution >= 4 is 11.8 Å². The van der Waals surface area contributed by atoms with E-state index in [2.05, 4.69) is 24.2 Å². The number of nitrogens with zero attached hydrogens (tertiary/aromatic N) is 4. The molecular weight excluding hydrogens is 352 g/mol. The molecule has 3 heterocycles. The number of carbonyl (C=O) groups is 2. The van der Waals surface area contributed by atoms with Crippen LogP contribution in [0, 0.1) is 32.6 Å². The van der Waals surface area contributed by atoms with E-state index in [1.165, 1.54) is 11.1 Å². The molecular formula is C22H28N4O2. The summed E-state index contributed by atoms with van der Waals surface area (Å²) in [4.78, 5) is 29.2. The minimum Gasteiger partial charge on any atom is -0.340 e. The topological polar surface area (TPSA) is 58.4 Å². The molecule has 28 heavy (non-hydrogen) atoms. The fourth-order valence-electron chi connectivity index (χ4n) is 4.95. The van der Waals surface area contributed by atoms with Crippen LogP contribution < -0.4 is 0 Å². The third-order valence-electron chi connectivity index (χ3n) is 6.32. The molecule has 0 spiro atoms. The van der Waals surface area contributed by atoms with E-state index < -0.39 is 0 Å². The van der Waals surface area contributed by atoms with Crippen molar-refractivity contribution in [3.8, 4) is 0 Å². The first-order valence-corrected chi connectivity index (χ1v) is 9.96. The molecule has 6 heteroatoms. The Balaban J connectivity index is 1.54. The third kappa shape index (κ3) is 3.21. The molecule has 4 rings (SSSR count). The second-order valence-corrected chi connectivity index (χ2v) is 8.28. The number of likely N-dealkylation sites (tertiary alicyclic amines) is 2. The van der Waals surface area contributed by atoms with Gasteiger partial charge in [-0.05, 0) is 38.0 Å². The zero-order valence-electron chi connectivity index (χ0n) is 17.1. The van der Waals surface area contributed by atoms with Gasteiger partial charge in [0.05, 0.1) is 11.7 Å². The van der Waals surface area contributed by atoms with Crippen molar-refractivity contribution in [1.82, 2.24) is 19.6 Å². The van der Waals surface area contributed by atoms with E-state index in [1.807, 2.05) is 41.8 Å². The summed E-state index contributed by atoms with van der Waals surface area (Å²) in [6.07, 6.45) is 0. The van der Waals surface area contributed by atoms with Crippen molar-refractivity contribution in [2.24, 2.45) is 11.8 Å². The van der Waals surface area contributed by atoms with E-state index in [-0.39, 0.29) is 30.3 Å². The lowest BCUT2D eigenvalue weighted by atomic mass is 9.87. The van der Waals surface area contributed by atoms with Crippen molar-refractivity contribution in [3.63, 3.8) is 0 Å². The molecule has 2 amide bonds. The zero-order valence-corrected chi connectivity index (χ0v) is 17.1. The number of amides is 2. The van der Waals surface area contributed by atoms with Crippen LogP contribution in [0.25, 0.3) is 0 Å². The number of benzene rings is 1. The Bertz CT molecular complexity index is 919. The van der Waals surface area contributed by atoms with Crippen molar-refractivity contribution in [3.05, 3.63) is 52.8 Å². The van der Waals surface area contributed by atoms with Gasteiger partial charge in [0, 0.05) is 44.1 Å². The van der Waals surface area contributed by atoms with Crippen LogP contribution in [0.5, 0.6) is 0 Å². The van der Waals surface area contributed by atoms with Crippen molar-refractivity contribution in [2.45, 2.75) is 40.3 Å². The van der Waals surface area contributed by atoms with E-state index in [1.54, 1.807) is 11.6 Å². The Morgan fingerprint density at radius 1 is 1.11 bits per heavy atom. The molecule has 0 unspecified atom stereocenters. The van der Waals surface area contributed by atoms with Crippen LogP contribution in [-0.4, -0.2) is 51.0 Å². The van der Waals surface area contributed by atoms with Crippen molar-refractivity contribution in [1.29, 1.82) is 0 Å². The summed E-state index contributed by atoms with van der Waals surface area (Å²) in [5.41, 5.74) is 4.34. The summed E-state index contributed by atoms with van der Waals surface area (Å²) in [7, 11) is 0. The Morgan fingerprint density at radius 3 is 2.50 bits per heavy atom. The van der Waals surface area contributed by atoms with E-state index in [9.17, 15) is 9.59 Å². The summed E-state index contributed by atoms with van der Waals surface area (Å²) in [5, 5.41) is 4.42. The van der Waals surface area contributed by atoms with Crippen molar-refractivity contribution < 1.29 is 9.59 Å². The first kappa shape index (κ1) is 18.7. The first-order chi connectivity index (χ1) is 13.3. The molecule has 0 radical (unpaired) electrons. The van der Waals surface area contributed by atoms with Gasteiger partial charge in [0.25, 0.3) is 0 Å². The smallest absolute Gasteiger partial charge is 0.244 e. The number of fused-ring (bicyclic) bond motifs is 1. The van der Waals surface area contributed by atoms with E-state index in [4.69, 9.17) is 0 Å². The van der Waals surface area contributed by atoms with Crippen LogP contribution >= 0.6 is 0 Å². The molecule has 0 bridgehead atoms. The third-order valence-corrected chi connectivity index (χ3v) is 6.32. The van der Waals surface area contributed by atoms with Crippen molar-refractivity contribution in [2.75, 3.05) is 19.6 Å². The molecule has 0 saturated carbocycles. The Morgan fingerprint density at radius 2 is 1.86 bits per heavy atom. The highest BCUT2D eigenvalue weighted by Gasteiger charge is 2.49. The van der Waals surface area contributed by atoms with Gasteiger partial charge in [-0.1, -0.05) is 24.3 Å². The maximum absolute atomic E-state index is 12.9. The summed E-state index contributed by atoms with van der Waals surface area (Å²) >= 11 is 0. The van der Waals surface area contributed by atoms with Gasteiger partial charge in [0.15, 0.2) is 0 Å². The number of hydrogen-bond acceptors (Lipinski definition) is 3. The minimum absolute atomic E-state index is 0.0511. The molecule has 148 valence electrons. The van der Waals surface area contributed by atoms with E-state index in [0.717, 1.165) is 24.5 Å². The highest BCUT2D eigenvalue weighted by atomic mass is 16.2. The standard InChI is InChI=1S/C22H28N4O2/c1-14-7-5-6-8-19(14)22-20-12-24(10-18(20)11-25(22)17(4)27)21(28)13-26-16(3)9-15(2)23-26/h5-9,18,20,22H,10-13H2,1-4H3/t18-,20-,22-/m1/s1. The molecule has 0 N–H and O–H groups in total. The molecule has 2 aliphatic heterocycles. The van der Waals surface area contributed by atoms with Crippen LogP contribution in [0.1, 0.15) is 35.5 Å². The molecule has 3 atom stereocenters. The van der Waals surface area contributed by atoms with E-state index in [0.29, 0.717) is 12.5 Å². The fourth-order valence-corrected chi connectivity index (χ4v) is 4.95. The Hall–Kier alpha value is -2.63. The quantitative estimate of drug-likeness (QED) is 0.822. The predicted molar refractivity (Wildman–Crippen MR) is 107 cm³/mol. The lowest BCUT2D eigenvalue weighted by Crippen LogP contribution is -2.38. The first-order valence-electron chi connectivity index (χ1n) is 9.96. The molecule has 1 aromatic carbocycles. The largest absolute Gasteiger partial charge is 0.340 e. The highest BCUT2D eigenvalue weighted by Crippen LogP contribution is 2.45. The van der Waals surface area contributed by atoms with Gasteiger partial charge in [-0.3, -0.25) is 14.3 Å². The van der Waals surface area contributed by atoms with Gasteiger partial charge >= 0.3 is 0 Å². The van der Waals surface area contributed by atoms with Gasteiger partial charge in [-0.25, -0.2) is 0 Å². The summed E-state index contributed by atoms with van der Waals surface area (Å²) in [5.74, 6) is 0.842. The van der Waals surface area contributed by atoms with Crippen LogP contribution in [0.2, 0.25) is 0 Å². The summed E-state index contributed by atoms with van der Waals surface area (Å²) in [6, 6.07) is 10.3. The molecule has 2 aliphatic rings. The molecule has 1 aromatic heterocycles. The van der Waals surface area contributed by atoms with Crippen LogP contribution in [-0.2, 0) is 16.1 Å². The van der Waals surface area contributed by atoms with Crippen LogP contribution in [0.15, 0.2) is 30.3 Å². The Kier molecular flexibility index (Phi) is 4.73. The number of aromatic nitrogens is 2. The minimum atomic E-state index is 0.0511. The molecule has 6 nitrogen and oxygen atoms in total. The number of rotatable bonds is 3. The lowest BCUT2D eigenvalue weighted by molar-refractivity contribution is -0.132. The Labute approximate surface area is 166 Å². The number of carbonyl (C=O) groups excluding carboxylic acids is 2. The normalized spacial score (nSPS) is 23.9. The van der Waals surface area contributed by atoms with Gasteiger partial charge in [0.1, 0.15) is 6.54 Å². The molecule has 2 fully saturated rings. The monoisotopic (exact) mass is 380 g/mol. The zero-order chi connectivity index (χ0) is 20.0. The van der Waals surface area contributed by atoms with Crippen LogP contribution in [0.3, 0.4) is 0 Å². The van der Waals surface area contributed by atoms with Crippen LogP contribution in [0.4, 0.5) is 0 Å². The van der Waals surface area contributed by atoms with Gasteiger partial charge < -0.3 is 9.80 Å². The second kappa shape index (κ2) is 7.08. The van der Waals surface area contributed by atoms with E-state index >= 15 is 0 Å². The maximum Gasteiger partial charge on any atom is 0.244 e. The lowest BCUT2D eigenvalue weighted by Gasteiger charge is -2.30. The molecule has 2 saturated heterocycles. The second-order valence-electron chi connectivity index (χ2n) is 8.28. The SMILES string of the molecule is CC(=O)N1C[C@H]2CN(C(=O)Cn3nc(C)cc3C)C[C@H]2[C@H]1c1ccccc1C. The number of aryl methyl sites for hydroxylation is 3. The van der Waals surface area contributed by atoms with Gasteiger partial charge in [0.2, 0.25) is 11.8 Å².